The van der Waals surface area contributed by atoms with Crippen molar-refractivity contribution in [3.05, 3.63) is 41.1 Å². The van der Waals surface area contributed by atoms with E-state index in [1.807, 2.05) is 31.2 Å². The summed E-state index contributed by atoms with van der Waals surface area (Å²) in [6.07, 6.45) is 3.17. The highest BCUT2D eigenvalue weighted by Crippen LogP contribution is 2.41. The van der Waals surface area contributed by atoms with Gasteiger partial charge in [0, 0.05) is 18.5 Å². The summed E-state index contributed by atoms with van der Waals surface area (Å²) in [6, 6.07) is 7.64. The summed E-state index contributed by atoms with van der Waals surface area (Å²) in [5, 5.41) is 0. The molecule has 2 aliphatic heterocycles. The van der Waals surface area contributed by atoms with Crippen LogP contribution in [0.2, 0.25) is 0 Å². The Bertz CT molecular complexity index is 679. The van der Waals surface area contributed by atoms with Crippen LogP contribution in [0.3, 0.4) is 0 Å². The minimum absolute atomic E-state index is 0.202. The van der Waals surface area contributed by atoms with Gasteiger partial charge in [0.2, 0.25) is 0 Å². The number of rotatable bonds is 3. The first-order valence-electron chi connectivity index (χ1n) is 7.93. The van der Waals surface area contributed by atoms with Crippen molar-refractivity contribution >= 4 is 11.8 Å². The van der Waals surface area contributed by atoms with E-state index in [2.05, 4.69) is 9.89 Å². The van der Waals surface area contributed by atoms with Gasteiger partial charge in [-0.2, -0.15) is 0 Å². The molecule has 0 bridgehead atoms. The number of nitrogens with zero attached hydrogens (tertiary/aromatic N) is 2. The van der Waals surface area contributed by atoms with Gasteiger partial charge in [-0.15, -0.1) is 0 Å². The Morgan fingerprint density at radius 1 is 1.26 bits per heavy atom. The third-order valence-electron chi connectivity index (χ3n) is 4.49. The number of piperidine rings is 1. The van der Waals surface area contributed by atoms with Gasteiger partial charge in [-0.3, -0.25) is 0 Å². The molecule has 1 saturated heterocycles. The van der Waals surface area contributed by atoms with Gasteiger partial charge in [-0.1, -0.05) is 18.2 Å². The molecular weight excluding hydrogens is 292 g/mol. The number of fused-ring (bicyclic) bond motifs is 1. The number of carbonyl (C=O) groups is 1. The van der Waals surface area contributed by atoms with Crippen molar-refractivity contribution in [2.75, 3.05) is 20.8 Å². The number of para-hydroxylation sites is 1. The van der Waals surface area contributed by atoms with Crippen LogP contribution in [0.25, 0.3) is 0 Å². The first-order valence-corrected chi connectivity index (χ1v) is 7.93. The Hall–Kier alpha value is -2.30. The van der Waals surface area contributed by atoms with Crippen molar-refractivity contribution in [1.29, 1.82) is 0 Å². The second kappa shape index (κ2) is 6.44. The fourth-order valence-electron chi connectivity index (χ4n) is 3.43. The normalized spacial score (nSPS) is 20.7. The van der Waals surface area contributed by atoms with Crippen LogP contribution in [-0.4, -0.2) is 37.5 Å². The van der Waals surface area contributed by atoms with Gasteiger partial charge in [0.15, 0.2) is 0 Å². The average Bonchev–Trinajstić information content (AvgIpc) is 2.59. The SMILES string of the molecule is COC(=O)C1=C(C)N=C2CCCCN2C1c1ccccc1OC. The summed E-state index contributed by atoms with van der Waals surface area (Å²) < 4.78 is 10.6. The number of ether oxygens (including phenoxy) is 2. The Kier molecular flexibility index (Phi) is 4.37. The third-order valence-corrected chi connectivity index (χ3v) is 4.49. The molecule has 5 nitrogen and oxygen atoms in total. The maximum atomic E-state index is 12.4. The summed E-state index contributed by atoms with van der Waals surface area (Å²) in [5.74, 6) is 1.50. The van der Waals surface area contributed by atoms with Crippen LogP contribution in [0.4, 0.5) is 0 Å². The van der Waals surface area contributed by atoms with E-state index >= 15 is 0 Å². The van der Waals surface area contributed by atoms with Gasteiger partial charge >= 0.3 is 5.97 Å². The highest BCUT2D eigenvalue weighted by molar-refractivity contribution is 5.96. The van der Waals surface area contributed by atoms with Gasteiger partial charge in [0.25, 0.3) is 0 Å². The standard InChI is InChI=1S/C18H22N2O3/c1-12-16(18(21)23-3)17(13-8-4-5-9-14(13)22-2)20-11-7-6-10-15(20)19-12/h4-5,8-9,17H,6-7,10-11H2,1-3H3. The molecule has 2 aliphatic rings. The van der Waals surface area contributed by atoms with Gasteiger partial charge in [0.05, 0.1) is 31.5 Å². The van der Waals surface area contributed by atoms with Gasteiger partial charge < -0.3 is 14.4 Å². The van der Waals surface area contributed by atoms with Crippen molar-refractivity contribution in [3.8, 4) is 5.75 Å². The first kappa shape index (κ1) is 15.6. The van der Waals surface area contributed by atoms with Gasteiger partial charge in [-0.05, 0) is 25.8 Å². The van der Waals surface area contributed by atoms with Gasteiger partial charge in [-0.25, -0.2) is 9.79 Å². The number of carbonyl (C=O) groups excluding carboxylic acids is 1. The lowest BCUT2D eigenvalue weighted by Crippen LogP contribution is -2.43. The number of aliphatic imine (C=N–C) groups is 1. The second-order valence-electron chi connectivity index (χ2n) is 5.81. The smallest absolute Gasteiger partial charge is 0.338 e. The number of methoxy groups -OCH3 is 2. The molecule has 0 spiro atoms. The molecular formula is C18H22N2O3. The molecule has 1 aromatic rings. The number of benzene rings is 1. The monoisotopic (exact) mass is 314 g/mol. The van der Waals surface area contributed by atoms with Crippen LogP contribution in [0.5, 0.6) is 5.75 Å². The zero-order chi connectivity index (χ0) is 16.4. The van der Waals surface area contributed by atoms with E-state index in [-0.39, 0.29) is 12.0 Å². The lowest BCUT2D eigenvalue weighted by Gasteiger charge is -2.41. The van der Waals surface area contributed by atoms with Crippen molar-refractivity contribution in [1.82, 2.24) is 4.90 Å². The van der Waals surface area contributed by atoms with E-state index in [4.69, 9.17) is 9.47 Å². The fourth-order valence-corrected chi connectivity index (χ4v) is 3.43. The van der Waals surface area contributed by atoms with Crippen molar-refractivity contribution in [3.63, 3.8) is 0 Å². The van der Waals surface area contributed by atoms with Crippen LogP contribution in [-0.2, 0) is 9.53 Å². The van der Waals surface area contributed by atoms with E-state index in [1.165, 1.54) is 7.11 Å². The molecule has 0 radical (unpaired) electrons. The molecule has 1 unspecified atom stereocenters. The molecule has 1 atom stereocenters. The minimum Gasteiger partial charge on any atom is -0.496 e. The number of esters is 1. The van der Waals surface area contributed by atoms with E-state index in [1.54, 1.807) is 7.11 Å². The highest BCUT2D eigenvalue weighted by Gasteiger charge is 2.38. The Labute approximate surface area is 136 Å². The average molecular weight is 314 g/mol. The highest BCUT2D eigenvalue weighted by atomic mass is 16.5. The van der Waals surface area contributed by atoms with Gasteiger partial charge in [0.1, 0.15) is 11.6 Å². The maximum Gasteiger partial charge on any atom is 0.338 e. The Balaban J connectivity index is 2.16. The van der Waals surface area contributed by atoms with Crippen LogP contribution in [0, 0.1) is 0 Å². The largest absolute Gasteiger partial charge is 0.496 e. The molecule has 3 rings (SSSR count). The molecule has 0 aromatic heterocycles. The predicted octanol–water partition coefficient (Wildman–Crippen LogP) is 3.08. The molecule has 5 heteroatoms. The molecule has 1 fully saturated rings. The molecule has 1 aromatic carbocycles. The summed E-state index contributed by atoms with van der Waals surface area (Å²) in [4.78, 5) is 19.3. The van der Waals surface area contributed by atoms with Crippen LogP contribution in [0.1, 0.15) is 37.8 Å². The summed E-state index contributed by atoms with van der Waals surface area (Å²) >= 11 is 0. The molecule has 0 amide bonds. The zero-order valence-electron chi connectivity index (χ0n) is 13.8. The number of amidine groups is 1. The Morgan fingerprint density at radius 3 is 2.78 bits per heavy atom. The Morgan fingerprint density at radius 2 is 2.04 bits per heavy atom. The van der Waals surface area contributed by atoms with Crippen LogP contribution < -0.4 is 4.74 Å². The van der Waals surface area contributed by atoms with E-state index in [0.717, 1.165) is 48.7 Å². The number of allylic oxidation sites excluding steroid dienone is 1. The maximum absolute atomic E-state index is 12.4. The number of hydrogen-bond donors (Lipinski definition) is 0. The molecule has 2 heterocycles. The van der Waals surface area contributed by atoms with E-state index in [0.29, 0.717) is 5.57 Å². The van der Waals surface area contributed by atoms with Crippen LogP contribution in [0.15, 0.2) is 40.5 Å². The van der Waals surface area contributed by atoms with E-state index in [9.17, 15) is 4.79 Å². The molecule has 0 saturated carbocycles. The van der Waals surface area contributed by atoms with Crippen LogP contribution >= 0.6 is 0 Å². The van der Waals surface area contributed by atoms with Crippen molar-refractivity contribution < 1.29 is 14.3 Å². The zero-order valence-corrected chi connectivity index (χ0v) is 13.8. The predicted molar refractivity (Wildman–Crippen MR) is 88.4 cm³/mol. The summed E-state index contributed by atoms with van der Waals surface area (Å²) in [6.45, 7) is 2.77. The topological polar surface area (TPSA) is 51.1 Å². The molecule has 0 aliphatic carbocycles. The lowest BCUT2D eigenvalue weighted by atomic mass is 9.91. The quantitative estimate of drug-likeness (QED) is 0.805. The molecule has 23 heavy (non-hydrogen) atoms. The van der Waals surface area contributed by atoms with Crippen molar-refractivity contribution in [2.45, 2.75) is 32.2 Å². The fraction of sp³-hybridized carbons (Fsp3) is 0.444. The molecule has 0 N–H and O–H groups in total. The third kappa shape index (κ3) is 2.71. The molecule has 122 valence electrons. The number of hydrogen-bond acceptors (Lipinski definition) is 5. The van der Waals surface area contributed by atoms with Crippen molar-refractivity contribution in [2.24, 2.45) is 4.99 Å². The second-order valence-corrected chi connectivity index (χ2v) is 5.81. The lowest BCUT2D eigenvalue weighted by molar-refractivity contribution is -0.137. The first-order chi connectivity index (χ1) is 11.2. The van der Waals surface area contributed by atoms with E-state index < -0.39 is 0 Å². The summed E-state index contributed by atoms with van der Waals surface area (Å²) in [7, 11) is 3.07. The summed E-state index contributed by atoms with van der Waals surface area (Å²) in [5.41, 5.74) is 2.31. The minimum atomic E-state index is -0.327.